The van der Waals surface area contributed by atoms with E-state index in [0.717, 1.165) is 0 Å². The smallest absolute Gasteiger partial charge is 0.399 e. The van der Waals surface area contributed by atoms with Crippen molar-refractivity contribution in [2.45, 2.75) is 13.0 Å². The zero-order valence-electron chi connectivity index (χ0n) is 7.41. The fourth-order valence-corrected chi connectivity index (χ4v) is 0.965. The lowest BCUT2D eigenvalue weighted by Gasteiger charge is -2.12. The summed E-state index contributed by atoms with van der Waals surface area (Å²) < 4.78 is 76.8. The number of alkyl halides is 3. The van der Waals surface area contributed by atoms with Gasteiger partial charge in [0.25, 0.3) is 0 Å². The standard InChI is InChI=1S/C8H4F6O2/c9-4-1-5(10)7(16-8(12,13)14)6(11)3(4)2-15/h1,15H,2H2. The highest BCUT2D eigenvalue weighted by Gasteiger charge is 2.35. The number of benzene rings is 1. The number of hydrogen-bond acceptors (Lipinski definition) is 2. The molecule has 0 aliphatic carbocycles. The topological polar surface area (TPSA) is 29.5 Å². The first kappa shape index (κ1) is 12.6. The van der Waals surface area contributed by atoms with E-state index in [4.69, 9.17) is 5.11 Å². The van der Waals surface area contributed by atoms with Crippen molar-refractivity contribution in [2.75, 3.05) is 0 Å². The molecule has 0 aliphatic heterocycles. The molecule has 8 heteroatoms. The van der Waals surface area contributed by atoms with Crippen LogP contribution < -0.4 is 4.74 Å². The van der Waals surface area contributed by atoms with E-state index in [9.17, 15) is 26.3 Å². The van der Waals surface area contributed by atoms with Gasteiger partial charge in [-0.25, -0.2) is 13.2 Å². The van der Waals surface area contributed by atoms with Crippen LogP contribution in [0.25, 0.3) is 0 Å². The second-order valence-corrected chi connectivity index (χ2v) is 2.67. The minimum atomic E-state index is -5.31. The third-order valence-corrected chi connectivity index (χ3v) is 1.60. The molecule has 1 N–H and O–H groups in total. The summed E-state index contributed by atoms with van der Waals surface area (Å²) in [5.74, 6) is -7.05. The fraction of sp³-hybridized carbons (Fsp3) is 0.250. The molecule has 1 rings (SSSR count). The van der Waals surface area contributed by atoms with Gasteiger partial charge in [-0.1, -0.05) is 0 Å². The number of rotatable bonds is 2. The summed E-state index contributed by atoms with van der Waals surface area (Å²) in [4.78, 5) is 0. The second-order valence-electron chi connectivity index (χ2n) is 2.67. The maximum atomic E-state index is 13.1. The molecule has 90 valence electrons. The minimum Gasteiger partial charge on any atom is -0.399 e. The molecule has 0 atom stereocenters. The molecule has 2 nitrogen and oxygen atoms in total. The third-order valence-electron chi connectivity index (χ3n) is 1.60. The highest BCUT2D eigenvalue weighted by Crippen LogP contribution is 2.31. The molecule has 0 bridgehead atoms. The monoisotopic (exact) mass is 246 g/mol. The normalized spacial score (nSPS) is 11.7. The summed E-state index contributed by atoms with van der Waals surface area (Å²) in [5, 5.41) is 8.47. The van der Waals surface area contributed by atoms with Gasteiger partial charge in [0, 0.05) is 6.07 Å². The molecule has 0 radical (unpaired) electrons. The number of aliphatic hydroxyl groups is 1. The van der Waals surface area contributed by atoms with Crippen LogP contribution in [0.4, 0.5) is 26.3 Å². The minimum absolute atomic E-state index is 0.00426. The highest BCUT2D eigenvalue weighted by molar-refractivity contribution is 5.33. The summed E-state index contributed by atoms with van der Waals surface area (Å²) in [7, 11) is 0. The molecule has 0 fully saturated rings. The van der Waals surface area contributed by atoms with Crippen LogP contribution in [0, 0.1) is 17.5 Å². The van der Waals surface area contributed by atoms with Crippen molar-refractivity contribution in [2.24, 2.45) is 0 Å². The van der Waals surface area contributed by atoms with Crippen molar-refractivity contribution in [3.8, 4) is 5.75 Å². The van der Waals surface area contributed by atoms with Gasteiger partial charge in [-0.3, -0.25) is 0 Å². The Balaban J connectivity index is 3.28. The van der Waals surface area contributed by atoms with E-state index < -0.39 is 41.7 Å². The van der Waals surface area contributed by atoms with Crippen molar-refractivity contribution >= 4 is 0 Å². The molecule has 0 heterocycles. The van der Waals surface area contributed by atoms with E-state index in [0.29, 0.717) is 0 Å². The van der Waals surface area contributed by atoms with E-state index in [-0.39, 0.29) is 6.07 Å². The summed E-state index contributed by atoms with van der Waals surface area (Å²) in [6.45, 7) is -1.22. The highest BCUT2D eigenvalue weighted by atomic mass is 19.4. The Morgan fingerprint density at radius 1 is 1.12 bits per heavy atom. The molecule has 1 aromatic carbocycles. The molecule has 0 unspecified atom stereocenters. The average molecular weight is 246 g/mol. The van der Waals surface area contributed by atoms with Gasteiger partial charge in [0.05, 0.1) is 12.2 Å². The van der Waals surface area contributed by atoms with Crippen LogP contribution in [0.3, 0.4) is 0 Å². The van der Waals surface area contributed by atoms with E-state index in [2.05, 4.69) is 4.74 Å². The molecule has 16 heavy (non-hydrogen) atoms. The molecule has 1 aromatic rings. The van der Waals surface area contributed by atoms with Crippen LogP contribution in [-0.2, 0) is 6.61 Å². The molecule has 0 saturated heterocycles. The Hall–Kier alpha value is -1.44. The first-order valence-electron chi connectivity index (χ1n) is 3.79. The quantitative estimate of drug-likeness (QED) is 0.812. The zero-order valence-corrected chi connectivity index (χ0v) is 7.41. The molecule has 0 aliphatic rings. The van der Waals surface area contributed by atoms with Crippen LogP contribution in [0.15, 0.2) is 6.07 Å². The average Bonchev–Trinajstić information content (AvgIpc) is 2.11. The van der Waals surface area contributed by atoms with Crippen LogP contribution >= 0.6 is 0 Å². The van der Waals surface area contributed by atoms with E-state index in [1.54, 1.807) is 0 Å². The fourth-order valence-electron chi connectivity index (χ4n) is 0.965. The maximum Gasteiger partial charge on any atom is 0.573 e. The van der Waals surface area contributed by atoms with Gasteiger partial charge >= 0.3 is 6.36 Å². The number of aliphatic hydroxyl groups excluding tert-OH is 1. The molecule has 0 spiro atoms. The predicted molar refractivity (Wildman–Crippen MR) is 38.9 cm³/mol. The summed E-state index contributed by atoms with van der Waals surface area (Å²) >= 11 is 0. The molecular formula is C8H4F6O2. The predicted octanol–water partition coefficient (Wildman–Crippen LogP) is 2.49. The Bertz CT molecular complexity index is 400. The van der Waals surface area contributed by atoms with Gasteiger partial charge < -0.3 is 9.84 Å². The van der Waals surface area contributed by atoms with Crippen LogP contribution in [0.5, 0.6) is 5.75 Å². The Morgan fingerprint density at radius 3 is 2.12 bits per heavy atom. The Labute approximate surface area is 85.1 Å². The molecule has 0 amide bonds. The molecule has 0 saturated carbocycles. The van der Waals surface area contributed by atoms with Crippen molar-refractivity contribution < 1.29 is 36.2 Å². The maximum absolute atomic E-state index is 13.1. The van der Waals surface area contributed by atoms with E-state index in [1.165, 1.54) is 0 Å². The largest absolute Gasteiger partial charge is 0.573 e. The second kappa shape index (κ2) is 4.20. The van der Waals surface area contributed by atoms with Gasteiger partial charge in [0.2, 0.25) is 5.75 Å². The van der Waals surface area contributed by atoms with Crippen LogP contribution in [0.2, 0.25) is 0 Å². The van der Waals surface area contributed by atoms with Gasteiger partial charge in [0.15, 0.2) is 11.6 Å². The Kier molecular flexibility index (Phi) is 3.32. The van der Waals surface area contributed by atoms with E-state index >= 15 is 0 Å². The van der Waals surface area contributed by atoms with Gasteiger partial charge in [-0.15, -0.1) is 13.2 Å². The summed E-state index contributed by atoms with van der Waals surface area (Å²) in [5.41, 5.74) is -1.10. The lowest BCUT2D eigenvalue weighted by molar-refractivity contribution is -0.276. The Morgan fingerprint density at radius 2 is 1.69 bits per heavy atom. The number of halogens is 6. The first-order chi connectivity index (χ1) is 7.26. The van der Waals surface area contributed by atoms with Gasteiger partial charge in [0.1, 0.15) is 5.82 Å². The molecular weight excluding hydrogens is 242 g/mol. The summed E-state index contributed by atoms with van der Waals surface area (Å²) in [6.07, 6.45) is -5.31. The van der Waals surface area contributed by atoms with E-state index in [1.807, 2.05) is 0 Å². The summed E-state index contributed by atoms with van der Waals surface area (Å²) in [6, 6.07) is -0.00426. The SMILES string of the molecule is OCc1c(F)cc(F)c(OC(F)(F)F)c1F. The van der Waals surface area contributed by atoms with Crippen molar-refractivity contribution in [1.29, 1.82) is 0 Å². The number of ether oxygens (including phenoxy) is 1. The van der Waals surface area contributed by atoms with Crippen LogP contribution in [-0.4, -0.2) is 11.5 Å². The van der Waals surface area contributed by atoms with Crippen molar-refractivity contribution in [3.63, 3.8) is 0 Å². The zero-order chi connectivity index (χ0) is 12.5. The number of hydrogen-bond donors (Lipinski definition) is 1. The lowest BCUT2D eigenvalue weighted by Crippen LogP contribution is -2.19. The van der Waals surface area contributed by atoms with Crippen LogP contribution in [0.1, 0.15) is 5.56 Å². The third kappa shape index (κ3) is 2.57. The van der Waals surface area contributed by atoms with Gasteiger partial charge in [-0.2, -0.15) is 0 Å². The van der Waals surface area contributed by atoms with Crippen molar-refractivity contribution in [3.05, 3.63) is 29.1 Å². The van der Waals surface area contributed by atoms with Gasteiger partial charge in [-0.05, 0) is 0 Å². The first-order valence-corrected chi connectivity index (χ1v) is 3.79. The lowest BCUT2D eigenvalue weighted by atomic mass is 10.2. The van der Waals surface area contributed by atoms with Crippen molar-refractivity contribution in [1.82, 2.24) is 0 Å². The molecule has 0 aromatic heterocycles.